The molecule has 0 amide bonds. The maximum absolute atomic E-state index is 12.6. The zero-order chi connectivity index (χ0) is 15.4. The summed E-state index contributed by atoms with van der Waals surface area (Å²) in [6, 6.07) is 19.7. The van der Waals surface area contributed by atoms with Gasteiger partial charge in [-0.15, -0.1) is 0 Å². The lowest BCUT2D eigenvalue weighted by atomic mass is 9.77. The van der Waals surface area contributed by atoms with Crippen molar-refractivity contribution >= 4 is 17.9 Å². The van der Waals surface area contributed by atoms with Gasteiger partial charge in [0.05, 0.1) is 17.9 Å². The molecule has 0 radical (unpaired) electrons. The number of nitrogens with zero attached hydrogens (tertiary/aromatic N) is 1. The molecule has 0 heterocycles. The summed E-state index contributed by atoms with van der Waals surface area (Å²) in [5.74, 6) is -0.874. The molecule has 0 N–H and O–H groups in total. The second-order valence-electron chi connectivity index (χ2n) is 5.27. The van der Waals surface area contributed by atoms with Gasteiger partial charge in [0, 0.05) is 0 Å². The van der Waals surface area contributed by atoms with Gasteiger partial charge in [-0.25, -0.2) is 0 Å². The van der Waals surface area contributed by atoms with Crippen LogP contribution in [0.5, 0.6) is 0 Å². The largest absolute Gasteiger partial charge is 0.294 e. The van der Waals surface area contributed by atoms with Crippen LogP contribution in [0.2, 0.25) is 0 Å². The summed E-state index contributed by atoms with van der Waals surface area (Å²) in [6.07, 6.45) is 7.13. The Morgan fingerprint density at radius 3 is 2.55 bits per heavy atom. The highest BCUT2D eigenvalue weighted by molar-refractivity contribution is 6.00. The zero-order valence-electron chi connectivity index (χ0n) is 12.0. The van der Waals surface area contributed by atoms with Gasteiger partial charge in [-0.05, 0) is 22.8 Å². The number of benzene rings is 2. The van der Waals surface area contributed by atoms with Crippen molar-refractivity contribution in [3.63, 3.8) is 0 Å². The van der Waals surface area contributed by atoms with E-state index in [0.29, 0.717) is 0 Å². The standard InChI is InChI=1S/C20H15NO/c21-14-17-12-11-16-8-4-5-9-18(16)20(17)19(22)13-10-15-6-2-1-3-7-15/h1-13,17,20H/b13-10-/t17-,20-/m0/s1. The topological polar surface area (TPSA) is 40.9 Å². The fourth-order valence-electron chi connectivity index (χ4n) is 2.75. The van der Waals surface area contributed by atoms with Crippen molar-refractivity contribution in [1.29, 1.82) is 5.26 Å². The molecule has 2 nitrogen and oxygen atoms in total. The first-order valence-corrected chi connectivity index (χ1v) is 7.23. The van der Waals surface area contributed by atoms with Crippen molar-refractivity contribution in [3.8, 4) is 6.07 Å². The highest BCUT2D eigenvalue weighted by atomic mass is 16.1. The average Bonchev–Trinajstić information content (AvgIpc) is 2.59. The summed E-state index contributed by atoms with van der Waals surface area (Å²) in [5, 5.41) is 9.34. The van der Waals surface area contributed by atoms with Gasteiger partial charge < -0.3 is 0 Å². The van der Waals surface area contributed by atoms with Crippen LogP contribution in [0.3, 0.4) is 0 Å². The molecule has 1 aliphatic rings. The number of ketones is 1. The molecule has 2 atom stereocenters. The second-order valence-corrected chi connectivity index (χ2v) is 5.27. The number of carbonyl (C=O) groups excluding carboxylic acids is 1. The van der Waals surface area contributed by atoms with E-state index in [2.05, 4.69) is 6.07 Å². The first-order chi connectivity index (χ1) is 10.8. The molecular weight excluding hydrogens is 270 g/mol. The summed E-state index contributed by atoms with van der Waals surface area (Å²) >= 11 is 0. The number of fused-ring (bicyclic) bond motifs is 1. The van der Waals surface area contributed by atoms with E-state index >= 15 is 0 Å². The minimum absolute atomic E-state index is 0.0350. The maximum atomic E-state index is 12.6. The highest BCUT2D eigenvalue weighted by Gasteiger charge is 2.30. The van der Waals surface area contributed by atoms with E-state index in [4.69, 9.17) is 0 Å². The van der Waals surface area contributed by atoms with Crippen LogP contribution in [0, 0.1) is 17.2 Å². The lowest BCUT2D eigenvalue weighted by Crippen LogP contribution is -2.21. The Morgan fingerprint density at radius 2 is 1.77 bits per heavy atom. The van der Waals surface area contributed by atoms with Crippen LogP contribution in [-0.4, -0.2) is 5.78 Å². The Balaban J connectivity index is 1.92. The van der Waals surface area contributed by atoms with Crippen molar-refractivity contribution in [2.75, 3.05) is 0 Å². The SMILES string of the molecule is N#C[C@@H]1C=Cc2ccccc2[C@H]1C(=O)/C=C\c1ccccc1. The summed E-state index contributed by atoms with van der Waals surface area (Å²) in [7, 11) is 0. The average molecular weight is 285 g/mol. The van der Waals surface area contributed by atoms with Crippen molar-refractivity contribution in [2.45, 2.75) is 5.92 Å². The zero-order valence-corrected chi connectivity index (χ0v) is 12.0. The smallest absolute Gasteiger partial charge is 0.164 e. The van der Waals surface area contributed by atoms with Gasteiger partial charge in [0.15, 0.2) is 5.78 Å². The van der Waals surface area contributed by atoms with Crippen LogP contribution in [0.15, 0.2) is 66.7 Å². The molecular formula is C20H15NO. The molecule has 3 rings (SSSR count). The molecule has 0 aliphatic heterocycles. The number of nitriles is 1. The molecule has 1 aliphatic carbocycles. The minimum atomic E-state index is -0.425. The van der Waals surface area contributed by atoms with Crippen molar-refractivity contribution in [1.82, 2.24) is 0 Å². The van der Waals surface area contributed by atoms with Crippen LogP contribution < -0.4 is 0 Å². The van der Waals surface area contributed by atoms with Crippen LogP contribution >= 0.6 is 0 Å². The van der Waals surface area contributed by atoms with E-state index in [-0.39, 0.29) is 5.78 Å². The molecule has 0 fully saturated rings. The van der Waals surface area contributed by atoms with E-state index in [1.807, 2.05) is 66.7 Å². The molecule has 0 aromatic heterocycles. The molecule has 2 aromatic carbocycles. The van der Waals surface area contributed by atoms with Gasteiger partial charge in [-0.3, -0.25) is 4.79 Å². The fourth-order valence-corrected chi connectivity index (χ4v) is 2.75. The third-order valence-corrected chi connectivity index (χ3v) is 3.87. The fraction of sp³-hybridized carbons (Fsp3) is 0.100. The Hall–Kier alpha value is -2.92. The molecule has 22 heavy (non-hydrogen) atoms. The second kappa shape index (κ2) is 6.24. The van der Waals surface area contributed by atoms with E-state index in [9.17, 15) is 10.1 Å². The lowest BCUT2D eigenvalue weighted by molar-refractivity contribution is -0.116. The van der Waals surface area contributed by atoms with Gasteiger partial charge in [0.2, 0.25) is 0 Å². The van der Waals surface area contributed by atoms with Crippen LogP contribution in [0.4, 0.5) is 0 Å². The summed E-state index contributed by atoms with van der Waals surface area (Å²) in [6.45, 7) is 0. The minimum Gasteiger partial charge on any atom is -0.294 e. The Labute approximate surface area is 130 Å². The van der Waals surface area contributed by atoms with Crippen LogP contribution in [0.25, 0.3) is 12.2 Å². The predicted molar refractivity (Wildman–Crippen MR) is 87.8 cm³/mol. The first-order valence-electron chi connectivity index (χ1n) is 7.23. The van der Waals surface area contributed by atoms with Crippen LogP contribution in [-0.2, 0) is 4.79 Å². The number of carbonyl (C=O) groups is 1. The third-order valence-electron chi connectivity index (χ3n) is 3.87. The van der Waals surface area contributed by atoms with Crippen molar-refractivity contribution in [3.05, 3.63) is 83.4 Å². The molecule has 2 heteroatoms. The van der Waals surface area contributed by atoms with Crippen LogP contribution in [0.1, 0.15) is 22.6 Å². The number of rotatable bonds is 3. The number of hydrogen-bond acceptors (Lipinski definition) is 2. The monoisotopic (exact) mass is 285 g/mol. The van der Waals surface area contributed by atoms with E-state index in [1.165, 1.54) is 0 Å². The quantitative estimate of drug-likeness (QED) is 0.792. The summed E-state index contributed by atoms with van der Waals surface area (Å²) in [5.41, 5.74) is 2.92. The van der Waals surface area contributed by atoms with E-state index < -0.39 is 11.8 Å². The predicted octanol–water partition coefficient (Wildman–Crippen LogP) is 4.22. The Bertz CT molecular complexity index is 781. The van der Waals surface area contributed by atoms with E-state index in [0.717, 1.165) is 16.7 Å². The third kappa shape index (κ3) is 2.75. The summed E-state index contributed by atoms with van der Waals surface area (Å²) < 4.78 is 0. The normalized spacial score (nSPS) is 19.6. The number of allylic oxidation sites excluding steroid dienone is 2. The first kappa shape index (κ1) is 14.0. The Morgan fingerprint density at radius 1 is 1.05 bits per heavy atom. The molecule has 0 bridgehead atoms. The van der Waals surface area contributed by atoms with Crippen molar-refractivity contribution < 1.29 is 4.79 Å². The van der Waals surface area contributed by atoms with Gasteiger partial charge in [-0.1, -0.05) is 72.8 Å². The van der Waals surface area contributed by atoms with Gasteiger partial charge >= 0.3 is 0 Å². The Kier molecular flexibility index (Phi) is 3.98. The molecule has 106 valence electrons. The lowest BCUT2D eigenvalue weighted by Gasteiger charge is -2.23. The maximum Gasteiger partial charge on any atom is 0.164 e. The van der Waals surface area contributed by atoms with Gasteiger partial charge in [-0.2, -0.15) is 5.26 Å². The molecule has 0 saturated heterocycles. The molecule has 0 saturated carbocycles. The molecule has 0 unspecified atom stereocenters. The number of hydrogen-bond donors (Lipinski definition) is 0. The highest BCUT2D eigenvalue weighted by Crippen LogP contribution is 2.34. The summed E-state index contributed by atoms with van der Waals surface area (Å²) in [4.78, 5) is 12.6. The van der Waals surface area contributed by atoms with Crippen molar-refractivity contribution in [2.24, 2.45) is 5.92 Å². The van der Waals surface area contributed by atoms with E-state index in [1.54, 1.807) is 12.2 Å². The molecule has 0 spiro atoms. The van der Waals surface area contributed by atoms with Gasteiger partial charge in [0.1, 0.15) is 0 Å². The molecule has 2 aromatic rings. The van der Waals surface area contributed by atoms with Gasteiger partial charge in [0.25, 0.3) is 0 Å².